The number of fused-ring (bicyclic) bond motifs is 1. The van der Waals surface area contributed by atoms with E-state index in [0.29, 0.717) is 0 Å². The molecule has 0 spiro atoms. The molecule has 1 amide bonds. The van der Waals surface area contributed by atoms with Gasteiger partial charge < -0.3 is 10.3 Å². The lowest BCUT2D eigenvalue weighted by Crippen LogP contribution is -2.38. The third-order valence-corrected chi connectivity index (χ3v) is 6.18. The average Bonchev–Trinajstić information content (AvgIpc) is 3.29. The molecule has 0 atom stereocenters. The highest BCUT2D eigenvalue weighted by Gasteiger charge is 2.42. The van der Waals surface area contributed by atoms with Gasteiger partial charge in [-0.15, -0.1) is 0 Å². The predicted octanol–water partition coefficient (Wildman–Crippen LogP) is 6.22. The van der Waals surface area contributed by atoms with Crippen molar-refractivity contribution in [1.29, 1.82) is 0 Å². The summed E-state index contributed by atoms with van der Waals surface area (Å²) < 4.78 is 0. The number of aromatic nitrogens is 1. The van der Waals surface area contributed by atoms with Crippen LogP contribution in [0.15, 0.2) is 48.5 Å². The smallest absolute Gasteiger partial charge is 0.235 e. The first-order valence-corrected chi connectivity index (χ1v) is 10.3. The van der Waals surface area contributed by atoms with Crippen molar-refractivity contribution >= 4 is 22.5 Å². The van der Waals surface area contributed by atoms with E-state index in [-0.39, 0.29) is 11.3 Å². The maximum absolute atomic E-state index is 13.4. The van der Waals surface area contributed by atoms with Crippen LogP contribution < -0.4 is 5.32 Å². The fourth-order valence-electron chi connectivity index (χ4n) is 4.36. The molecule has 3 nitrogen and oxygen atoms in total. The Balaban J connectivity index is 1.63. The SMILES string of the molecule is Cc1ccc(C2(C(=O)Nc3ccc4[nH]c(C(C)(C)C)cc4c3)CCCC2)cc1. The highest BCUT2D eigenvalue weighted by atomic mass is 16.2. The summed E-state index contributed by atoms with van der Waals surface area (Å²) in [6.45, 7) is 8.69. The zero-order chi connectivity index (χ0) is 19.9. The number of carbonyl (C=O) groups excluding carboxylic acids is 1. The molecular formula is C25H30N2O. The number of anilines is 1. The molecular weight excluding hydrogens is 344 g/mol. The molecule has 2 aromatic carbocycles. The van der Waals surface area contributed by atoms with Crippen LogP contribution in [0.4, 0.5) is 5.69 Å². The second kappa shape index (κ2) is 6.80. The average molecular weight is 375 g/mol. The van der Waals surface area contributed by atoms with Crippen LogP contribution in [0.2, 0.25) is 0 Å². The van der Waals surface area contributed by atoms with E-state index < -0.39 is 5.41 Å². The Hall–Kier alpha value is -2.55. The van der Waals surface area contributed by atoms with Gasteiger partial charge in [-0.1, -0.05) is 63.4 Å². The molecule has 1 aliphatic rings. The molecule has 1 aliphatic carbocycles. The number of benzene rings is 2. The standard InChI is InChI=1S/C25H30N2O/c1-17-7-9-19(10-8-17)25(13-5-6-14-25)23(28)26-20-11-12-21-18(15-20)16-22(27-21)24(2,3)4/h7-12,15-16,27H,5-6,13-14H2,1-4H3,(H,26,28). The van der Waals surface area contributed by atoms with Gasteiger partial charge in [0.1, 0.15) is 0 Å². The van der Waals surface area contributed by atoms with Crippen LogP contribution in [-0.4, -0.2) is 10.9 Å². The van der Waals surface area contributed by atoms with Gasteiger partial charge in [-0.05, 0) is 49.6 Å². The summed E-state index contributed by atoms with van der Waals surface area (Å²) in [5.74, 6) is 0.125. The minimum absolute atomic E-state index is 0.0712. The fourth-order valence-corrected chi connectivity index (χ4v) is 4.36. The Labute approximate surface area is 167 Å². The van der Waals surface area contributed by atoms with Gasteiger partial charge in [-0.2, -0.15) is 0 Å². The van der Waals surface area contributed by atoms with Gasteiger partial charge in [0, 0.05) is 27.7 Å². The van der Waals surface area contributed by atoms with Crippen LogP contribution >= 0.6 is 0 Å². The van der Waals surface area contributed by atoms with Gasteiger partial charge in [0.2, 0.25) is 5.91 Å². The quantitative estimate of drug-likeness (QED) is 0.561. The first-order chi connectivity index (χ1) is 13.3. The summed E-state index contributed by atoms with van der Waals surface area (Å²) in [4.78, 5) is 16.9. The molecule has 1 aromatic heterocycles. The molecule has 0 radical (unpaired) electrons. The van der Waals surface area contributed by atoms with Crippen molar-refractivity contribution < 1.29 is 4.79 Å². The zero-order valence-corrected chi connectivity index (χ0v) is 17.4. The molecule has 1 saturated carbocycles. The Morgan fingerprint density at radius 2 is 1.68 bits per heavy atom. The van der Waals surface area contributed by atoms with Crippen LogP contribution in [-0.2, 0) is 15.6 Å². The predicted molar refractivity (Wildman–Crippen MR) is 117 cm³/mol. The molecule has 1 heterocycles. The molecule has 28 heavy (non-hydrogen) atoms. The molecule has 3 aromatic rings. The molecule has 3 heteroatoms. The van der Waals surface area contributed by atoms with Gasteiger partial charge in [-0.25, -0.2) is 0 Å². The normalized spacial score (nSPS) is 16.4. The lowest BCUT2D eigenvalue weighted by molar-refractivity contribution is -0.121. The number of H-pyrrole nitrogens is 1. The molecule has 146 valence electrons. The van der Waals surface area contributed by atoms with E-state index in [4.69, 9.17) is 0 Å². The summed E-state index contributed by atoms with van der Waals surface area (Å²) in [5, 5.41) is 4.36. The van der Waals surface area contributed by atoms with Crippen molar-refractivity contribution in [3.05, 3.63) is 65.4 Å². The number of carbonyl (C=O) groups is 1. The summed E-state index contributed by atoms with van der Waals surface area (Å²) in [7, 11) is 0. The first kappa shape index (κ1) is 18.8. The Bertz CT molecular complexity index is 999. The third-order valence-electron chi connectivity index (χ3n) is 6.18. The topological polar surface area (TPSA) is 44.9 Å². The Morgan fingerprint density at radius 3 is 2.32 bits per heavy atom. The lowest BCUT2D eigenvalue weighted by Gasteiger charge is -2.28. The number of hydrogen-bond donors (Lipinski definition) is 2. The summed E-state index contributed by atoms with van der Waals surface area (Å²) in [5.41, 5.74) is 5.22. The maximum Gasteiger partial charge on any atom is 0.235 e. The number of aromatic amines is 1. The van der Waals surface area contributed by atoms with Crippen LogP contribution in [0.1, 0.15) is 63.3 Å². The maximum atomic E-state index is 13.4. The van der Waals surface area contributed by atoms with Gasteiger partial charge in [0.05, 0.1) is 5.41 Å². The van der Waals surface area contributed by atoms with Crippen LogP contribution in [0.3, 0.4) is 0 Å². The van der Waals surface area contributed by atoms with Crippen molar-refractivity contribution in [2.75, 3.05) is 5.32 Å². The van der Waals surface area contributed by atoms with E-state index >= 15 is 0 Å². The molecule has 0 saturated heterocycles. The number of rotatable bonds is 3. The second-order valence-electron chi connectivity index (χ2n) is 9.34. The van der Waals surface area contributed by atoms with E-state index in [0.717, 1.165) is 47.8 Å². The number of nitrogens with one attached hydrogen (secondary N) is 2. The van der Waals surface area contributed by atoms with Gasteiger partial charge in [-0.3, -0.25) is 4.79 Å². The van der Waals surface area contributed by atoms with Crippen molar-refractivity contribution in [3.8, 4) is 0 Å². The molecule has 1 fully saturated rings. The van der Waals surface area contributed by atoms with Crippen LogP contribution in [0.5, 0.6) is 0 Å². The highest BCUT2D eigenvalue weighted by molar-refractivity contribution is 6.00. The summed E-state index contributed by atoms with van der Waals surface area (Å²) in [6.07, 6.45) is 4.05. The van der Waals surface area contributed by atoms with Gasteiger partial charge in [0.15, 0.2) is 0 Å². The Kier molecular flexibility index (Phi) is 4.57. The molecule has 2 N–H and O–H groups in total. The molecule has 4 rings (SSSR count). The largest absolute Gasteiger partial charge is 0.358 e. The molecule has 0 bridgehead atoms. The van der Waals surface area contributed by atoms with E-state index in [1.807, 2.05) is 6.07 Å². The monoisotopic (exact) mass is 374 g/mol. The summed E-state index contributed by atoms with van der Waals surface area (Å²) in [6, 6.07) is 16.8. The van der Waals surface area contributed by atoms with E-state index in [2.05, 4.69) is 80.5 Å². The first-order valence-electron chi connectivity index (χ1n) is 10.3. The second-order valence-corrected chi connectivity index (χ2v) is 9.34. The minimum atomic E-state index is -0.405. The fraction of sp³-hybridized carbons (Fsp3) is 0.400. The number of hydrogen-bond acceptors (Lipinski definition) is 1. The van der Waals surface area contributed by atoms with Gasteiger partial charge in [0.25, 0.3) is 0 Å². The van der Waals surface area contributed by atoms with E-state index in [1.54, 1.807) is 0 Å². The minimum Gasteiger partial charge on any atom is -0.358 e. The van der Waals surface area contributed by atoms with Crippen molar-refractivity contribution in [2.24, 2.45) is 0 Å². The van der Waals surface area contributed by atoms with Crippen molar-refractivity contribution in [2.45, 2.75) is 64.2 Å². The Morgan fingerprint density at radius 1 is 1.00 bits per heavy atom. The van der Waals surface area contributed by atoms with Crippen molar-refractivity contribution in [3.63, 3.8) is 0 Å². The third kappa shape index (κ3) is 3.34. The van der Waals surface area contributed by atoms with E-state index in [1.165, 1.54) is 11.3 Å². The van der Waals surface area contributed by atoms with Crippen molar-refractivity contribution in [1.82, 2.24) is 4.98 Å². The van der Waals surface area contributed by atoms with E-state index in [9.17, 15) is 4.79 Å². The summed E-state index contributed by atoms with van der Waals surface area (Å²) >= 11 is 0. The van der Waals surface area contributed by atoms with Crippen LogP contribution in [0, 0.1) is 6.92 Å². The lowest BCUT2D eigenvalue weighted by atomic mass is 9.77. The molecule has 0 unspecified atom stereocenters. The van der Waals surface area contributed by atoms with Gasteiger partial charge >= 0.3 is 0 Å². The molecule has 0 aliphatic heterocycles. The number of amides is 1. The number of aryl methyl sites for hydroxylation is 1. The van der Waals surface area contributed by atoms with Crippen LogP contribution in [0.25, 0.3) is 10.9 Å². The zero-order valence-electron chi connectivity index (χ0n) is 17.4. The highest BCUT2D eigenvalue weighted by Crippen LogP contribution is 2.42.